The largest absolute Gasteiger partial charge is 0.481 e. The van der Waals surface area contributed by atoms with Crippen LogP contribution in [0.25, 0.3) is 0 Å². The fraction of sp³-hybridized carbons (Fsp3) is 0.857. The number of carbonyl (C=O) groups excluding carboxylic acids is 4. The highest BCUT2D eigenvalue weighted by Crippen LogP contribution is 2.43. The zero-order valence-electron chi connectivity index (χ0n) is 37.6. The molecule has 2 unspecified atom stereocenters. The number of carbonyl (C=O) groups is 6. The van der Waals surface area contributed by atoms with E-state index in [2.05, 4.69) is 13.8 Å². The van der Waals surface area contributed by atoms with Gasteiger partial charge in [0.05, 0.1) is 26.1 Å². The molecule has 0 aliphatic rings. The SMILES string of the molecule is CCCCCCCCCCCCCC(=O)OC[C@H](COP(=O)(O)OCC(COC(=O)[C@@H](N)CC(=O)O)OC(=O)[C@@H](N)CC(=O)O)OC(=O)CCCCCCCCCCCCC.Cl.Cl. The van der Waals surface area contributed by atoms with Crippen molar-refractivity contribution in [2.45, 2.75) is 205 Å². The van der Waals surface area contributed by atoms with Gasteiger partial charge in [0.15, 0.2) is 12.2 Å². The van der Waals surface area contributed by atoms with E-state index in [1.54, 1.807) is 0 Å². The molecule has 0 aromatic rings. The van der Waals surface area contributed by atoms with Crippen LogP contribution in [0.5, 0.6) is 0 Å². The third-order valence-corrected chi connectivity index (χ3v) is 10.6. The van der Waals surface area contributed by atoms with Crippen LogP contribution in [-0.2, 0) is 61.3 Å². The van der Waals surface area contributed by atoms with Crippen LogP contribution in [0.1, 0.15) is 181 Å². The lowest BCUT2D eigenvalue weighted by molar-refractivity contribution is -0.164. The molecular weight excluding hydrogens is 890 g/mol. The Morgan fingerprint density at radius 3 is 1.21 bits per heavy atom. The Morgan fingerprint density at radius 2 is 0.810 bits per heavy atom. The van der Waals surface area contributed by atoms with Crippen LogP contribution >= 0.6 is 32.6 Å². The molecule has 0 bridgehead atoms. The molecule has 0 fully saturated rings. The van der Waals surface area contributed by atoms with Gasteiger partial charge in [-0.2, -0.15) is 0 Å². The van der Waals surface area contributed by atoms with Gasteiger partial charge in [-0.1, -0.05) is 142 Å². The lowest BCUT2D eigenvalue weighted by Crippen LogP contribution is -2.41. The molecule has 0 spiro atoms. The van der Waals surface area contributed by atoms with Crippen molar-refractivity contribution >= 4 is 68.5 Å². The minimum atomic E-state index is -5.05. The number of carboxylic acid groups (broad SMARTS) is 2. The summed E-state index contributed by atoms with van der Waals surface area (Å²) in [6, 6.07) is -3.26. The Bertz CT molecular complexity index is 1280. The third kappa shape index (κ3) is 40.7. The molecule has 18 nitrogen and oxygen atoms in total. The van der Waals surface area contributed by atoms with Crippen molar-refractivity contribution in [1.29, 1.82) is 0 Å². The molecule has 0 heterocycles. The Balaban J connectivity index is -0.0000180. The topological polar surface area (TPSA) is 288 Å². The van der Waals surface area contributed by atoms with Gasteiger partial charge in [-0.15, -0.1) is 24.8 Å². The van der Waals surface area contributed by atoms with Gasteiger partial charge in [-0.25, -0.2) is 4.57 Å². The molecule has 372 valence electrons. The minimum absolute atomic E-state index is 0. The zero-order chi connectivity index (χ0) is 45.7. The van der Waals surface area contributed by atoms with Crippen molar-refractivity contribution in [2.24, 2.45) is 11.5 Å². The minimum Gasteiger partial charge on any atom is -0.481 e. The lowest BCUT2D eigenvalue weighted by atomic mass is 10.1. The molecule has 21 heteroatoms. The smallest absolute Gasteiger partial charge is 0.472 e. The maximum Gasteiger partial charge on any atom is 0.472 e. The van der Waals surface area contributed by atoms with Crippen molar-refractivity contribution in [2.75, 3.05) is 26.4 Å². The van der Waals surface area contributed by atoms with Gasteiger partial charge < -0.3 is 45.5 Å². The first kappa shape index (κ1) is 64.7. The number of rotatable bonds is 42. The number of phosphoric ester groups is 1. The number of unbranched alkanes of at least 4 members (excludes halogenated alkanes) is 20. The molecule has 0 aliphatic heterocycles. The van der Waals surface area contributed by atoms with Crippen LogP contribution in [0.4, 0.5) is 0 Å². The molecule has 0 aromatic heterocycles. The number of esters is 4. The second-order valence-corrected chi connectivity index (χ2v) is 17.0. The standard InChI is InChI=1S/C42H77N2O16P.2ClH/c1-3-5-7-9-11-13-15-17-19-21-23-25-39(49)55-29-33(59-40(50)26-24-22-20-18-16-14-12-10-8-6-4-2)31-57-61(53,54)58-32-34(60-42(52)36(44)28-38(47)48)30-56-41(51)35(43)27-37(45)46;;/h33-36H,3-32,43-44H2,1-2H3,(H,45,46)(H,47,48)(H,53,54);2*1H/t33-,34?,35+,36+;;/m1../s1. The molecule has 0 rings (SSSR count). The monoisotopic (exact) mass is 968 g/mol. The van der Waals surface area contributed by atoms with E-state index >= 15 is 0 Å². The Kier molecular flexibility index (Phi) is 43.2. The van der Waals surface area contributed by atoms with E-state index in [1.807, 2.05) is 0 Å². The van der Waals surface area contributed by atoms with Crippen LogP contribution < -0.4 is 11.5 Å². The second-order valence-electron chi connectivity index (χ2n) is 15.5. The molecule has 63 heavy (non-hydrogen) atoms. The average Bonchev–Trinajstić information content (AvgIpc) is 3.20. The predicted molar refractivity (Wildman–Crippen MR) is 241 cm³/mol. The van der Waals surface area contributed by atoms with E-state index in [1.165, 1.54) is 77.0 Å². The number of halogens is 2. The molecule has 0 radical (unpaired) electrons. The Hall–Kier alpha value is -2.57. The molecule has 7 N–H and O–H groups in total. The summed E-state index contributed by atoms with van der Waals surface area (Å²) >= 11 is 0. The Labute approximate surface area is 386 Å². The van der Waals surface area contributed by atoms with E-state index in [0.29, 0.717) is 12.8 Å². The summed E-state index contributed by atoms with van der Waals surface area (Å²) in [4.78, 5) is 82.2. The van der Waals surface area contributed by atoms with Crippen molar-refractivity contribution in [1.82, 2.24) is 0 Å². The lowest BCUT2D eigenvalue weighted by Gasteiger charge is -2.23. The summed E-state index contributed by atoms with van der Waals surface area (Å²) in [5, 5.41) is 17.8. The van der Waals surface area contributed by atoms with Crippen molar-refractivity contribution in [3.8, 4) is 0 Å². The van der Waals surface area contributed by atoms with E-state index in [0.717, 1.165) is 51.4 Å². The molecule has 0 aromatic carbocycles. The van der Waals surface area contributed by atoms with Crippen molar-refractivity contribution < 1.29 is 76.4 Å². The fourth-order valence-electron chi connectivity index (χ4n) is 6.07. The highest BCUT2D eigenvalue weighted by atomic mass is 35.5. The molecule has 5 atom stereocenters. The molecule has 0 saturated heterocycles. The van der Waals surface area contributed by atoms with Gasteiger partial charge >= 0.3 is 43.6 Å². The normalized spacial score (nSPS) is 13.8. The fourth-order valence-corrected chi connectivity index (χ4v) is 6.85. The second kappa shape index (κ2) is 42.1. The van der Waals surface area contributed by atoms with E-state index < -0.39 is 107 Å². The van der Waals surface area contributed by atoms with Crippen LogP contribution in [0.15, 0.2) is 0 Å². The summed E-state index contributed by atoms with van der Waals surface area (Å²) in [5.74, 6) is -6.47. The Morgan fingerprint density at radius 1 is 0.476 bits per heavy atom. The number of hydrogen-bond acceptors (Lipinski definition) is 15. The number of ether oxygens (including phenoxy) is 4. The van der Waals surface area contributed by atoms with Gasteiger partial charge in [-0.05, 0) is 12.8 Å². The van der Waals surface area contributed by atoms with Gasteiger partial charge in [0.25, 0.3) is 0 Å². The van der Waals surface area contributed by atoms with Crippen LogP contribution in [-0.4, -0.2) is 102 Å². The van der Waals surface area contributed by atoms with Crippen LogP contribution in [0.3, 0.4) is 0 Å². The van der Waals surface area contributed by atoms with E-state index in [-0.39, 0.29) is 37.7 Å². The molecular formula is C42H79Cl2N2O16P. The van der Waals surface area contributed by atoms with Gasteiger partial charge in [0, 0.05) is 12.8 Å². The van der Waals surface area contributed by atoms with E-state index in [4.69, 9.17) is 49.7 Å². The predicted octanol–water partition coefficient (Wildman–Crippen LogP) is 7.88. The number of phosphoric acid groups is 1. The molecule has 0 saturated carbocycles. The summed E-state index contributed by atoms with van der Waals surface area (Å²) in [5.41, 5.74) is 11.0. The first-order valence-corrected chi connectivity index (χ1v) is 23.9. The number of carboxylic acids is 2. The highest BCUT2D eigenvalue weighted by molar-refractivity contribution is 7.47. The molecule has 0 amide bonds. The first-order valence-electron chi connectivity index (χ1n) is 22.4. The van der Waals surface area contributed by atoms with Crippen LogP contribution in [0, 0.1) is 0 Å². The molecule has 0 aliphatic carbocycles. The maximum atomic E-state index is 12.9. The van der Waals surface area contributed by atoms with Crippen molar-refractivity contribution in [3.63, 3.8) is 0 Å². The summed E-state index contributed by atoms with van der Waals surface area (Å²) in [6.45, 7) is 1.37. The average molecular weight is 970 g/mol. The third-order valence-electron chi connectivity index (χ3n) is 9.63. The summed E-state index contributed by atoms with van der Waals surface area (Å²) < 4.78 is 43.7. The zero-order valence-corrected chi connectivity index (χ0v) is 40.1. The maximum absolute atomic E-state index is 12.9. The number of nitrogens with two attached hydrogens (primary N) is 2. The number of hydrogen-bond donors (Lipinski definition) is 5. The van der Waals surface area contributed by atoms with Gasteiger partial charge in [0.1, 0.15) is 25.3 Å². The van der Waals surface area contributed by atoms with E-state index in [9.17, 15) is 38.2 Å². The van der Waals surface area contributed by atoms with Crippen molar-refractivity contribution in [3.05, 3.63) is 0 Å². The van der Waals surface area contributed by atoms with Gasteiger partial charge in [-0.3, -0.25) is 37.8 Å². The first-order chi connectivity index (χ1) is 29.1. The van der Waals surface area contributed by atoms with Crippen LogP contribution in [0.2, 0.25) is 0 Å². The highest BCUT2D eigenvalue weighted by Gasteiger charge is 2.31. The number of aliphatic carboxylic acids is 2. The summed E-state index contributed by atoms with van der Waals surface area (Å²) in [6.07, 6.45) is 19.8. The quantitative estimate of drug-likeness (QED) is 0.0168. The summed E-state index contributed by atoms with van der Waals surface area (Å²) in [7, 11) is -5.05. The van der Waals surface area contributed by atoms with Gasteiger partial charge in [0.2, 0.25) is 0 Å².